The van der Waals surface area contributed by atoms with Gasteiger partial charge in [-0.3, -0.25) is 24.1 Å². The summed E-state index contributed by atoms with van der Waals surface area (Å²) in [5.74, 6) is -2.26. The molecule has 0 aromatic heterocycles. The van der Waals surface area contributed by atoms with Gasteiger partial charge in [-0.25, -0.2) is 0 Å². The van der Waals surface area contributed by atoms with Gasteiger partial charge in [0.2, 0.25) is 11.8 Å². The number of aliphatic carboxylic acids is 1. The average molecular weight is 539 g/mol. The van der Waals surface area contributed by atoms with Crippen molar-refractivity contribution in [3.05, 3.63) is 29.8 Å². The standard InChI is InChI=1S/C24H29F3N4O3.C2H4O2/c25-23(26,27)9-8-20(32)29-11-4-10-28-21(33)18-15-16-5-3-12-31(16)24(18)17-6-1-2-7-19(17)30(14-13-29)22(24)34;1-2(3)4/h1-2,6-7,16,18H,3-5,8-15H2,(H,28,33);1H3,(H,3,4)/t16-,18-,24+;/m0./s1. The van der Waals surface area contributed by atoms with E-state index in [4.69, 9.17) is 9.90 Å². The van der Waals surface area contributed by atoms with Crippen LogP contribution in [0.2, 0.25) is 0 Å². The van der Waals surface area contributed by atoms with Crippen LogP contribution in [0.1, 0.15) is 51.0 Å². The maximum Gasteiger partial charge on any atom is 0.389 e. The quantitative estimate of drug-likeness (QED) is 0.599. The van der Waals surface area contributed by atoms with E-state index < -0.39 is 42.4 Å². The first kappa shape index (κ1) is 27.9. The second-order valence-corrected chi connectivity index (χ2v) is 10.2. The Labute approximate surface area is 218 Å². The Kier molecular flexibility index (Phi) is 8.01. The first-order valence-corrected chi connectivity index (χ1v) is 13.0. The molecule has 0 unspecified atom stereocenters. The Morgan fingerprint density at radius 2 is 1.82 bits per heavy atom. The highest BCUT2D eigenvalue weighted by atomic mass is 19.4. The average Bonchev–Trinajstić information content (AvgIpc) is 3.49. The molecule has 9 nitrogen and oxygen atoms in total. The molecule has 0 saturated carbocycles. The van der Waals surface area contributed by atoms with Gasteiger partial charge in [0.25, 0.3) is 11.9 Å². The third-order valence-corrected chi connectivity index (χ3v) is 7.81. The van der Waals surface area contributed by atoms with Crippen LogP contribution < -0.4 is 10.2 Å². The molecule has 3 fully saturated rings. The molecule has 12 heteroatoms. The number of rotatable bonds is 2. The number of nitrogens with one attached hydrogen (secondary N) is 1. The lowest BCUT2D eigenvalue weighted by molar-refractivity contribution is -0.149. The largest absolute Gasteiger partial charge is 0.481 e. The first-order valence-electron chi connectivity index (χ1n) is 13.0. The van der Waals surface area contributed by atoms with E-state index in [9.17, 15) is 27.6 Å². The van der Waals surface area contributed by atoms with Crippen molar-refractivity contribution < 1.29 is 37.5 Å². The Morgan fingerprint density at radius 1 is 1.11 bits per heavy atom. The van der Waals surface area contributed by atoms with Crippen LogP contribution in [-0.2, 0) is 24.7 Å². The van der Waals surface area contributed by atoms with Crippen molar-refractivity contribution in [2.45, 2.75) is 63.2 Å². The summed E-state index contributed by atoms with van der Waals surface area (Å²) in [5, 5.41) is 10.4. The van der Waals surface area contributed by atoms with Gasteiger partial charge in [-0.15, -0.1) is 0 Å². The molecule has 1 spiro atoms. The van der Waals surface area contributed by atoms with Gasteiger partial charge in [-0.05, 0) is 38.3 Å². The fourth-order valence-corrected chi connectivity index (χ4v) is 6.38. The summed E-state index contributed by atoms with van der Waals surface area (Å²) < 4.78 is 38.0. The number of amides is 3. The van der Waals surface area contributed by atoms with Crippen molar-refractivity contribution in [3.63, 3.8) is 0 Å². The van der Waals surface area contributed by atoms with Gasteiger partial charge < -0.3 is 20.2 Å². The van der Waals surface area contributed by atoms with Crippen LogP contribution in [-0.4, -0.2) is 83.5 Å². The smallest absolute Gasteiger partial charge is 0.389 e. The lowest BCUT2D eigenvalue weighted by Crippen LogP contribution is -2.57. The molecule has 2 bridgehead atoms. The zero-order chi connectivity index (χ0) is 27.7. The third kappa shape index (κ3) is 5.23. The third-order valence-electron chi connectivity index (χ3n) is 7.81. The van der Waals surface area contributed by atoms with E-state index in [0.29, 0.717) is 19.4 Å². The summed E-state index contributed by atoms with van der Waals surface area (Å²) >= 11 is 0. The first-order chi connectivity index (χ1) is 18.0. The molecule has 3 atom stereocenters. The zero-order valence-corrected chi connectivity index (χ0v) is 21.3. The minimum Gasteiger partial charge on any atom is -0.481 e. The number of halogens is 3. The van der Waals surface area contributed by atoms with Crippen LogP contribution in [0.15, 0.2) is 24.3 Å². The van der Waals surface area contributed by atoms with Gasteiger partial charge in [0.15, 0.2) is 0 Å². The molecule has 208 valence electrons. The Bertz CT molecular complexity index is 1090. The van der Waals surface area contributed by atoms with Crippen molar-refractivity contribution in [3.8, 4) is 0 Å². The predicted molar refractivity (Wildman–Crippen MR) is 131 cm³/mol. The molecule has 1 aromatic rings. The van der Waals surface area contributed by atoms with E-state index >= 15 is 0 Å². The number of alkyl halides is 3. The maximum atomic E-state index is 14.2. The van der Waals surface area contributed by atoms with Crippen molar-refractivity contribution in [1.29, 1.82) is 0 Å². The second kappa shape index (κ2) is 10.9. The normalized spacial score (nSPS) is 27.3. The van der Waals surface area contributed by atoms with Crippen LogP contribution in [0, 0.1) is 5.92 Å². The van der Waals surface area contributed by atoms with Gasteiger partial charge in [-0.2, -0.15) is 13.2 Å². The molecular formula is C26H33F3N4O5. The lowest BCUT2D eigenvalue weighted by Gasteiger charge is -2.38. The zero-order valence-electron chi connectivity index (χ0n) is 21.3. The molecular weight excluding hydrogens is 505 g/mol. The van der Waals surface area contributed by atoms with Crippen LogP contribution >= 0.6 is 0 Å². The van der Waals surface area contributed by atoms with Crippen molar-refractivity contribution in [1.82, 2.24) is 15.1 Å². The Balaban J connectivity index is 0.000000786. The number of hydrogen-bond acceptors (Lipinski definition) is 5. The number of carbonyl (C=O) groups is 4. The highest BCUT2D eigenvalue weighted by Gasteiger charge is 2.67. The van der Waals surface area contributed by atoms with Crippen LogP contribution in [0.5, 0.6) is 0 Å². The van der Waals surface area contributed by atoms with E-state index in [-0.39, 0.29) is 37.5 Å². The molecule has 3 saturated heterocycles. The highest BCUT2D eigenvalue weighted by molar-refractivity contribution is 6.11. The molecule has 4 heterocycles. The van der Waals surface area contributed by atoms with Gasteiger partial charge in [0.05, 0.1) is 12.3 Å². The van der Waals surface area contributed by atoms with E-state index in [0.717, 1.165) is 37.6 Å². The Hall–Kier alpha value is -3.15. The minimum atomic E-state index is -4.41. The molecule has 3 amide bonds. The van der Waals surface area contributed by atoms with E-state index in [2.05, 4.69) is 10.2 Å². The van der Waals surface area contributed by atoms with Gasteiger partial charge in [0.1, 0.15) is 5.54 Å². The molecule has 0 radical (unpaired) electrons. The monoisotopic (exact) mass is 538 g/mol. The summed E-state index contributed by atoms with van der Waals surface area (Å²) in [5.41, 5.74) is 0.477. The lowest BCUT2D eigenvalue weighted by atomic mass is 9.78. The van der Waals surface area contributed by atoms with E-state index in [1.165, 1.54) is 4.90 Å². The number of benzene rings is 1. The molecule has 0 aliphatic carbocycles. The van der Waals surface area contributed by atoms with Crippen LogP contribution in [0.4, 0.5) is 18.9 Å². The van der Waals surface area contributed by atoms with Gasteiger partial charge >= 0.3 is 6.18 Å². The number of carboxylic acid groups (broad SMARTS) is 1. The fourth-order valence-electron chi connectivity index (χ4n) is 6.38. The molecule has 4 aliphatic rings. The van der Waals surface area contributed by atoms with Crippen molar-refractivity contribution >= 4 is 29.4 Å². The fraction of sp³-hybridized carbons (Fsp3) is 0.615. The van der Waals surface area contributed by atoms with E-state index in [1.54, 1.807) is 4.90 Å². The molecule has 4 aliphatic heterocycles. The van der Waals surface area contributed by atoms with Crippen LogP contribution in [0.25, 0.3) is 0 Å². The molecule has 38 heavy (non-hydrogen) atoms. The van der Waals surface area contributed by atoms with Gasteiger partial charge in [-0.1, -0.05) is 18.2 Å². The second-order valence-electron chi connectivity index (χ2n) is 10.2. The number of para-hydroxylation sites is 1. The summed E-state index contributed by atoms with van der Waals surface area (Å²) in [6.07, 6.45) is -3.22. The molecule has 1 aromatic carbocycles. The summed E-state index contributed by atoms with van der Waals surface area (Å²) in [7, 11) is 0. The van der Waals surface area contributed by atoms with Gasteiger partial charge in [0, 0.05) is 56.8 Å². The summed E-state index contributed by atoms with van der Waals surface area (Å²) in [4.78, 5) is 54.4. The number of carboxylic acids is 1. The number of fused-ring (bicyclic) bond motifs is 4. The van der Waals surface area contributed by atoms with Crippen molar-refractivity contribution in [2.75, 3.05) is 37.6 Å². The summed E-state index contributed by atoms with van der Waals surface area (Å²) in [6, 6.07) is 7.66. The number of carbonyl (C=O) groups excluding carboxylic acids is 3. The minimum absolute atomic E-state index is 0.148. The molecule has 5 rings (SSSR count). The summed E-state index contributed by atoms with van der Waals surface area (Å²) in [6.45, 7) is 2.69. The Morgan fingerprint density at radius 3 is 2.53 bits per heavy atom. The SMILES string of the molecule is CC(=O)O.O=C1NCCCN(C(=O)CCC(F)(F)F)CCN2C(=O)[C@@]3(c4ccccc42)[C@H]1C[C@@H]1CCCN13. The number of anilines is 1. The molecule has 2 N–H and O–H groups in total. The highest BCUT2D eigenvalue weighted by Crippen LogP contribution is 2.57. The number of nitrogens with zero attached hydrogens (tertiary/aromatic N) is 3. The topological polar surface area (TPSA) is 110 Å². The maximum absolute atomic E-state index is 14.2. The van der Waals surface area contributed by atoms with Crippen molar-refractivity contribution in [2.24, 2.45) is 5.92 Å². The van der Waals surface area contributed by atoms with Crippen LogP contribution in [0.3, 0.4) is 0 Å². The van der Waals surface area contributed by atoms with E-state index in [1.807, 2.05) is 24.3 Å². The number of hydrogen-bond donors (Lipinski definition) is 2. The predicted octanol–water partition coefficient (Wildman–Crippen LogP) is 2.49.